The van der Waals surface area contributed by atoms with Crippen LogP contribution in [0.15, 0.2) is 60.7 Å². The van der Waals surface area contributed by atoms with Gasteiger partial charge < -0.3 is 64.5 Å². The van der Waals surface area contributed by atoms with Crippen LogP contribution in [-0.4, -0.2) is 128 Å². The summed E-state index contributed by atoms with van der Waals surface area (Å²) < 4.78 is 27.8. The molecule has 2 fully saturated rings. The van der Waals surface area contributed by atoms with Crippen molar-refractivity contribution in [3.8, 4) is 11.5 Å². The average molecular weight is 621 g/mol. The molecule has 240 valence electrons. The van der Waals surface area contributed by atoms with Crippen LogP contribution in [0.3, 0.4) is 0 Å². The normalized spacial score (nSPS) is 32.7. The minimum absolute atomic E-state index is 0.0631. The van der Waals surface area contributed by atoms with Gasteiger partial charge >= 0.3 is 5.97 Å². The molecule has 0 saturated carbocycles. The highest BCUT2D eigenvalue weighted by Crippen LogP contribution is 2.30. The molecule has 2 aliphatic heterocycles. The Labute approximate surface area is 252 Å². The van der Waals surface area contributed by atoms with Gasteiger partial charge in [0, 0.05) is 6.08 Å². The van der Waals surface area contributed by atoms with Crippen molar-refractivity contribution >= 4 is 18.1 Å². The van der Waals surface area contributed by atoms with Crippen molar-refractivity contribution in [2.24, 2.45) is 0 Å². The second-order valence-corrected chi connectivity index (χ2v) is 10.2. The van der Waals surface area contributed by atoms with Crippen molar-refractivity contribution in [2.45, 2.75) is 61.4 Å². The molecule has 14 heteroatoms. The molecule has 10 atom stereocenters. The molecule has 2 saturated heterocycles. The van der Waals surface area contributed by atoms with E-state index in [0.717, 1.165) is 11.6 Å². The number of benzene rings is 2. The van der Waals surface area contributed by atoms with E-state index >= 15 is 0 Å². The highest BCUT2D eigenvalue weighted by atomic mass is 16.8. The first kappa shape index (κ1) is 33.5. The minimum Gasteiger partial charge on any atom is -0.508 e. The first-order chi connectivity index (χ1) is 21.1. The van der Waals surface area contributed by atoms with Crippen LogP contribution in [0.4, 0.5) is 0 Å². The number of ether oxygens (including phenoxy) is 5. The first-order valence-corrected chi connectivity index (χ1v) is 13.8. The summed E-state index contributed by atoms with van der Waals surface area (Å²) in [5.41, 5.74) is 1.36. The highest BCUT2D eigenvalue weighted by molar-refractivity contribution is 5.87. The fourth-order valence-corrected chi connectivity index (χ4v) is 4.54. The fraction of sp³-hybridized carbons (Fsp3) is 0.433. The first-order valence-electron chi connectivity index (χ1n) is 13.8. The number of phenols is 2. The van der Waals surface area contributed by atoms with Gasteiger partial charge in [0.1, 0.15) is 66.9 Å². The summed E-state index contributed by atoms with van der Waals surface area (Å²) in [4.78, 5) is 12.3. The number of carbonyl (C=O) groups is 1. The predicted molar refractivity (Wildman–Crippen MR) is 151 cm³/mol. The van der Waals surface area contributed by atoms with Crippen molar-refractivity contribution in [1.29, 1.82) is 0 Å². The molecule has 4 rings (SSSR count). The van der Waals surface area contributed by atoms with Gasteiger partial charge in [-0.3, -0.25) is 0 Å². The van der Waals surface area contributed by atoms with Crippen molar-refractivity contribution in [2.75, 3.05) is 19.8 Å². The summed E-state index contributed by atoms with van der Waals surface area (Å²) in [6.45, 7) is -1.31. The number of aliphatic hydroxyl groups excluding tert-OH is 6. The SMILES string of the molecule is O=C(C=Cc1ccc(O)cc1)OC[C@@H]1O[C@H](OCC=Cc2ccc(O)cc2)[C@@H](O[C@@H]2O[C@@H](CO)[C@H](O)[C@H](O)[C@@H]2O)[C@H](O)[C@@H]1O. The monoisotopic (exact) mass is 620 g/mol. The number of phenolic OH excluding ortho intramolecular Hbond substituents is 2. The van der Waals surface area contributed by atoms with Crippen LogP contribution < -0.4 is 0 Å². The molecule has 2 aliphatic rings. The summed E-state index contributed by atoms with van der Waals surface area (Å²) in [5, 5.41) is 80.7. The number of aliphatic hydroxyl groups is 6. The number of carbonyl (C=O) groups excluding carboxylic acids is 1. The quantitative estimate of drug-likeness (QED) is 0.112. The van der Waals surface area contributed by atoms with Gasteiger partial charge in [0.25, 0.3) is 0 Å². The van der Waals surface area contributed by atoms with Crippen molar-refractivity contribution in [3.05, 3.63) is 71.8 Å². The molecule has 0 unspecified atom stereocenters. The lowest BCUT2D eigenvalue weighted by atomic mass is 9.97. The maximum atomic E-state index is 12.3. The van der Waals surface area contributed by atoms with Gasteiger partial charge in [0.05, 0.1) is 13.2 Å². The zero-order valence-electron chi connectivity index (χ0n) is 23.4. The van der Waals surface area contributed by atoms with Gasteiger partial charge in [0.15, 0.2) is 12.6 Å². The Bertz CT molecular complexity index is 1250. The number of rotatable bonds is 11. The largest absolute Gasteiger partial charge is 0.508 e. The van der Waals surface area contributed by atoms with Crippen LogP contribution in [0.25, 0.3) is 12.2 Å². The number of hydrogen-bond donors (Lipinski definition) is 8. The Hall–Kier alpha value is -3.41. The summed E-state index contributed by atoms with van der Waals surface area (Å²) >= 11 is 0. The second-order valence-electron chi connectivity index (χ2n) is 10.2. The van der Waals surface area contributed by atoms with Crippen LogP contribution in [0.2, 0.25) is 0 Å². The zero-order valence-corrected chi connectivity index (χ0v) is 23.4. The molecule has 0 aliphatic carbocycles. The van der Waals surface area contributed by atoms with E-state index in [2.05, 4.69) is 0 Å². The van der Waals surface area contributed by atoms with E-state index in [1.54, 1.807) is 36.4 Å². The van der Waals surface area contributed by atoms with Gasteiger partial charge in [-0.1, -0.05) is 36.4 Å². The maximum absolute atomic E-state index is 12.3. The molecule has 0 aromatic heterocycles. The number of hydrogen-bond acceptors (Lipinski definition) is 14. The third-order valence-corrected chi connectivity index (χ3v) is 7.04. The Kier molecular flexibility index (Phi) is 11.8. The molecule has 0 bridgehead atoms. The second kappa shape index (κ2) is 15.5. The van der Waals surface area contributed by atoms with E-state index in [9.17, 15) is 45.6 Å². The van der Waals surface area contributed by atoms with Crippen molar-refractivity contribution < 1.29 is 69.3 Å². The number of esters is 1. The molecule has 2 aromatic rings. The minimum atomic E-state index is -1.80. The Balaban J connectivity index is 1.44. The summed E-state index contributed by atoms with van der Waals surface area (Å²) in [7, 11) is 0. The third-order valence-electron chi connectivity index (χ3n) is 7.04. The van der Waals surface area contributed by atoms with Gasteiger partial charge in [0.2, 0.25) is 0 Å². The highest BCUT2D eigenvalue weighted by Gasteiger charge is 2.51. The van der Waals surface area contributed by atoms with E-state index in [4.69, 9.17) is 23.7 Å². The lowest BCUT2D eigenvalue weighted by molar-refractivity contribution is -0.366. The van der Waals surface area contributed by atoms with Crippen LogP contribution in [0, 0.1) is 0 Å². The molecule has 0 spiro atoms. The smallest absolute Gasteiger partial charge is 0.330 e. The van der Waals surface area contributed by atoms with Gasteiger partial charge in [-0.15, -0.1) is 0 Å². The average Bonchev–Trinajstić information content (AvgIpc) is 3.02. The van der Waals surface area contributed by atoms with Gasteiger partial charge in [-0.25, -0.2) is 4.79 Å². The zero-order chi connectivity index (χ0) is 31.8. The fourth-order valence-electron chi connectivity index (χ4n) is 4.54. The van der Waals surface area contributed by atoms with E-state index in [1.807, 2.05) is 0 Å². The molecule has 0 amide bonds. The summed E-state index contributed by atoms with van der Waals surface area (Å²) in [6, 6.07) is 12.4. The van der Waals surface area contributed by atoms with E-state index in [0.29, 0.717) is 5.56 Å². The van der Waals surface area contributed by atoms with E-state index < -0.39 is 80.6 Å². The molecular formula is C30H36O14. The van der Waals surface area contributed by atoms with Crippen molar-refractivity contribution in [3.63, 3.8) is 0 Å². The van der Waals surface area contributed by atoms with Gasteiger partial charge in [-0.2, -0.15) is 0 Å². The predicted octanol–water partition coefficient (Wildman–Crippen LogP) is -0.984. The molecule has 2 aromatic carbocycles. The van der Waals surface area contributed by atoms with Crippen LogP contribution in [0.5, 0.6) is 11.5 Å². The Morgan fingerprint density at radius 2 is 1.30 bits per heavy atom. The Morgan fingerprint density at radius 1 is 0.727 bits per heavy atom. The van der Waals surface area contributed by atoms with Crippen LogP contribution in [0.1, 0.15) is 11.1 Å². The lowest BCUT2D eigenvalue weighted by Crippen LogP contribution is -2.64. The standard InChI is InChI=1S/C30H36O14/c31-14-20-23(35)25(37)27(39)29(42-20)44-28-26(38)24(36)21(15-41-22(34)12-7-17-5-10-19(33)11-6-17)43-30(28)40-13-1-2-16-3-8-18(32)9-4-16/h1-12,20-21,23-33,35-39H,13-15H2/t20-,21-,23-,24+,25-,26+,27-,28-,29-,30-/m0/s1. The van der Waals surface area contributed by atoms with Crippen LogP contribution >= 0.6 is 0 Å². The van der Waals surface area contributed by atoms with Gasteiger partial charge in [-0.05, 0) is 41.5 Å². The molecule has 0 radical (unpaired) electrons. The molecule has 8 N–H and O–H groups in total. The Morgan fingerprint density at radius 3 is 1.91 bits per heavy atom. The summed E-state index contributed by atoms with van der Waals surface area (Å²) in [6.07, 6.45) is -9.94. The van der Waals surface area contributed by atoms with Crippen molar-refractivity contribution in [1.82, 2.24) is 0 Å². The molecule has 2 heterocycles. The van der Waals surface area contributed by atoms with E-state index in [-0.39, 0.29) is 18.1 Å². The molecule has 44 heavy (non-hydrogen) atoms. The molecular weight excluding hydrogens is 584 g/mol. The summed E-state index contributed by atoms with van der Waals surface area (Å²) in [5.74, 6) is -0.622. The van der Waals surface area contributed by atoms with Crippen LogP contribution in [-0.2, 0) is 28.5 Å². The third kappa shape index (κ3) is 8.61. The number of aromatic hydroxyl groups is 2. The molecule has 14 nitrogen and oxygen atoms in total. The topological polar surface area (TPSA) is 225 Å². The maximum Gasteiger partial charge on any atom is 0.330 e. The van der Waals surface area contributed by atoms with E-state index in [1.165, 1.54) is 30.3 Å². The lowest BCUT2D eigenvalue weighted by Gasteiger charge is -2.46.